The Morgan fingerprint density at radius 2 is 2.10 bits per heavy atom. The van der Waals surface area contributed by atoms with Crippen LogP contribution in [0.5, 0.6) is 0 Å². The second-order valence-corrected chi connectivity index (χ2v) is 5.42. The summed E-state index contributed by atoms with van der Waals surface area (Å²) in [6, 6.07) is 3.55. The van der Waals surface area contributed by atoms with E-state index in [9.17, 15) is 9.59 Å². The average molecular weight is 316 g/mol. The molecule has 1 aliphatic rings. The molecule has 2 rings (SSSR count). The lowest BCUT2D eigenvalue weighted by Crippen LogP contribution is -2.43. The van der Waals surface area contributed by atoms with Crippen LogP contribution in [0.15, 0.2) is 12.1 Å². The van der Waals surface area contributed by atoms with Crippen molar-refractivity contribution in [1.82, 2.24) is 10.2 Å². The predicted molar refractivity (Wildman–Crippen MR) is 77.6 cm³/mol. The number of benzene rings is 1. The van der Waals surface area contributed by atoms with Crippen molar-refractivity contribution in [3.8, 4) is 0 Å². The first-order valence-electron chi connectivity index (χ1n) is 6.22. The van der Waals surface area contributed by atoms with E-state index in [0.29, 0.717) is 29.6 Å². The van der Waals surface area contributed by atoms with E-state index < -0.39 is 0 Å². The van der Waals surface area contributed by atoms with Gasteiger partial charge in [-0.1, -0.05) is 23.2 Å². The van der Waals surface area contributed by atoms with Gasteiger partial charge >= 0.3 is 0 Å². The third-order valence-corrected chi connectivity index (χ3v) is 3.78. The highest BCUT2D eigenvalue weighted by molar-refractivity contribution is 6.35. The predicted octanol–water partition coefficient (Wildman–Crippen LogP) is 0.953. The van der Waals surface area contributed by atoms with Gasteiger partial charge in [0.2, 0.25) is 11.8 Å². The van der Waals surface area contributed by atoms with Crippen molar-refractivity contribution in [2.45, 2.75) is 13.0 Å². The maximum atomic E-state index is 12.0. The van der Waals surface area contributed by atoms with E-state index >= 15 is 0 Å². The summed E-state index contributed by atoms with van der Waals surface area (Å²) in [6.45, 7) is 0.848. The van der Waals surface area contributed by atoms with Gasteiger partial charge in [0.1, 0.15) is 0 Å². The number of nitrogens with one attached hydrogen (secondary N) is 1. The van der Waals surface area contributed by atoms with Crippen LogP contribution in [0.1, 0.15) is 11.1 Å². The van der Waals surface area contributed by atoms with Crippen LogP contribution in [0.4, 0.5) is 0 Å². The highest BCUT2D eigenvalue weighted by Gasteiger charge is 2.23. The van der Waals surface area contributed by atoms with Gasteiger partial charge in [0.25, 0.3) is 0 Å². The molecule has 1 aromatic rings. The maximum absolute atomic E-state index is 12.0. The first kappa shape index (κ1) is 15.1. The van der Waals surface area contributed by atoms with Crippen molar-refractivity contribution in [1.29, 1.82) is 0 Å². The number of carbonyl (C=O) groups is 2. The molecule has 20 heavy (non-hydrogen) atoms. The Hall–Kier alpha value is -1.30. The third kappa shape index (κ3) is 3.42. The fourth-order valence-corrected chi connectivity index (χ4v) is 2.75. The number of amides is 2. The molecule has 1 aromatic carbocycles. The van der Waals surface area contributed by atoms with Crippen molar-refractivity contribution >= 4 is 35.0 Å². The Balaban J connectivity index is 2.04. The number of nitrogens with two attached hydrogens (primary N) is 1. The first-order chi connectivity index (χ1) is 9.51. The van der Waals surface area contributed by atoms with Crippen LogP contribution in [0.2, 0.25) is 10.0 Å². The fraction of sp³-hybridized carbons (Fsp3) is 0.385. The third-order valence-electron chi connectivity index (χ3n) is 3.23. The van der Waals surface area contributed by atoms with Gasteiger partial charge in [0.15, 0.2) is 0 Å². The lowest BCUT2D eigenvalue weighted by Gasteiger charge is -2.29. The zero-order chi connectivity index (χ0) is 14.7. The van der Waals surface area contributed by atoms with Gasteiger partial charge in [-0.25, -0.2) is 0 Å². The van der Waals surface area contributed by atoms with Crippen molar-refractivity contribution in [3.05, 3.63) is 33.3 Å². The summed E-state index contributed by atoms with van der Waals surface area (Å²) < 4.78 is 0. The highest BCUT2D eigenvalue weighted by Crippen LogP contribution is 2.29. The van der Waals surface area contributed by atoms with Gasteiger partial charge in [-0.15, -0.1) is 0 Å². The van der Waals surface area contributed by atoms with E-state index in [1.54, 1.807) is 11.0 Å². The molecule has 0 radical (unpaired) electrons. The highest BCUT2D eigenvalue weighted by atomic mass is 35.5. The molecule has 0 atom stereocenters. The molecule has 2 amide bonds. The molecule has 1 heterocycles. The van der Waals surface area contributed by atoms with Crippen LogP contribution >= 0.6 is 23.2 Å². The molecule has 0 fully saturated rings. The summed E-state index contributed by atoms with van der Waals surface area (Å²) in [5, 5.41) is 3.63. The molecule has 0 saturated heterocycles. The molecular formula is C13H15Cl2N3O2. The van der Waals surface area contributed by atoms with Gasteiger partial charge in [-0.3, -0.25) is 9.59 Å². The number of rotatable bonds is 3. The van der Waals surface area contributed by atoms with Gasteiger partial charge in [-0.05, 0) is 29.7 Å². The van der Waals surface area contributed by atoms with Gasteiger partial charge in [-0.2, -0.15) is 0 Å². The molecule has 0 saturated carbocycles. The summed E-state index contributed by atoms with van der Waals surface area (Å²) in [6.07, 6.45) is 0.701. The minimum absolute atomic E-state index is 0.0451. The van der Waals surface area contributed by atoms with Crippen molar-refractivity contribution < 1.29 is 9.59 Å². The Labute approximate surface area is 127 Å². The molecule has 1 aliphatic heterocycles. The molecule has 0 spiro atoms. The minimum Gasteiger partial charge on any atom is -0.346 e. The van der Waals surface area contributed by atoms with E-state index in [1.807, 2.05) is 6.07 Å². The largest absolute Gasteiger partial charge is 0.346 e. The van der Waals surface area contributed by atoms with Gasteiger partial charge in [0.05, 0.1) is 13.1 Å². The van der Waals surface area contributed by atoms with E-state index in [4.69, 9.17) is 28.9 Å². The number of hydrogen-bond acceptors (Lipinski definition) is 3. The zero-order valence-electron chi connectivity index (χ0n) is 10.8. The summed E-state index contributed by atoms with van der Waals surface area (Å²) in [5.74, 6) is -0.496. The van der Waals surface area contributed by atoms with Crippen molar-refractivity contribution in [3.63, 3.8) is 0 Å². The number of carbonyl (C=O) groups excluding carboxylic acids is 2. The summed E-state index contributed by atoms with van der Waals surface area (Å²) in [5.41, 5.74) is 7.15. The normalized spacial score (nSPS) is 13.8. The lowest BCUT2D eigenvalue weighted by molar-refractivity contribution is -0.133. The maximum Gasteiger partial charge on any atom is 0.242 e. The number of halogens is 2. The first-order valence-corrected chi connectivity index (χ1v) is 6.98. The minimum atomic E-state index is -0.347. The molecule has 108 valence electrons. The summed E-state index contributed by atoms with van der Waals surface area (Å²) >= 11 is 12.1. The summed E-state index contributed by atoms with van der Waals surface area (Å²) in [7, 11) is 0. The van der Waals surface area contributed by atoms with Crippen LogP contribution in [-0.4, -0.2) is 36.3 Å². The molecule has 7 heteroatoms. The van der Waals surface area contributed by atoms with Gasteiger partial charge in [0, 0.05) is 23.1 Å². The Bertz CT molecular complexity index is 549. The molecule has 0 aromatic heterocycles. The van der Waals surface area contributed by atoms with E-state index in [2.05, 4.69) is 5.32 Å². The van der Waals surface area contributed by atoms with Crippen molar-refractivity contribution in [2.24, 2.45) is 5.73 Å². The second-order valence-electron chi connectivity index (χ2n) is 4.57. The number of fused-ring (bicyclic) bond motifs is 1. The standard InChI is InChI=1S/C13H15Cl2N3O2/c14-9-3-8-1-2-18(7-10(8)11(15)4-9)13(20)6-17-12(19)5-16/h3-4H,1-2,5-7,16H2,(H,17,19). The quantitative estimate of drug-likeness (QED) is 0.872. The fourth-order valence-electron chi connectivity index (χ4n) is 2.15. The Kier molecular flexibility index (Phi) is 4.86. The van der Waals surface area contributed by atoms with Gasteiger partial charge < -0.3 is 16.0 Å². The second kappa shape index (κ2) is 6.43. The molecule has 0 bridgehead atoms. The SMILES string of the molecule is NCC(=O)NCC(=O)N1CCc2cc(Cl)cc(Cl)c2C1. The molecule has 0 unspecified atom stereocenters. The number of nitrogens with zero attached hydrogens (tertiary/aromatic N) is 1. The van der Waals surface area contributed by atoms with Crippen molar-refractivity contribution in [2.75, 3.05) is 19.6 Å². The van der Waals surface area contributed by atoms with E-state index in [0.717, 1.165) is 11.1 Å². The molecule has 5 nitrogen and oxygen atoms in total. The molecule has 0 aliphatic carbocycles. The molecule has 3 N–H and O–H groups in total. The summed E-state index contributed by atoms with van der Waals surface area (Å²) in [4.78, 5) is 24.7. The van der Waals surface area contributed by atoms with E-state index in [1.165, 1.54) is 0 Å². The van der Waals surface area contributed by atoms with Crippen LogP contribution in [0.3, 0.4) is 0 Å². The monoisotopic (exact) mass is 315 g/mol. The number of hydrogen-bond donors (Lipinski definition) is 2. The smallest absolute Gasteiger partial charge is 0.242 e. The molecular weight excluding hydrogens is 301 g/mol. The lowest BCUT2D eigenvalue weighted by atomic mass is 9.99. The Morgan fingerprint density at radius 1 is 1.35 bits per heavy atom. The van der Waals surface area contributed by atoms with Crippen LogP contribution in [-0.2, 0) is 22.6 Å². The van der Waals surface area contributed by atoms with Crippen LogP contribution < -0.4 is 11.1 Å². The van der Waals surface area contributed by atoms with E-state index in [-0.39, 0.29) is 24.9 Å². The topological polar surface area (TPSA) is 75.4 Å². The Morgan fingerprint density at radius 3 is 2.80 bits per heavy atom. The van der Waals surface area contributed by atoms with Crippen LogP contribution in [0, 0.1) is 0 Å². The van der Waals surface area contributed by atoms with Crippen LogP contribution in [0.25, 0.3) is 0 Å². The average Bonchev–Trinajstić information content (AvgIpc) is 2.43. The zero-order valence-corrected chi connectivity index (χ0v) is 12.3.